The minimum Gasteiger partial charge on any atom is -0.481 e. The fraction of sp³-hybridized carbons (Fsp3) is 0.462. The Hall–Kier alpha value is -2.15. The number of nitrogens with one attached hydrogen (secondary N) is 2. The Bertz CT molecular complexity index is 567. The molecule has 2 N–H and O–H groups in total. The summed E-state index contributed by atoms with van der Waals surface area (Å²) >= 11 is 0. The van der Waals surface area contributed by atoms with Crippen LogP contribution in [0.15, 0.2) is 22.7 Å². The standard InChI is InChI=1S/C13H17N5O2/c1-19-11-6-9(4-5-14-11)7-16-13-18-17-12(20-13)8-15-10-2-3-10/h4-6,10,15H,2-3,7-8H2,1H3,(H,16,18). The Balaban J connectivity index is 1.51. The second-order valence-corrected chi connectivity index (χ2v) is 4.72. The summed E-state index contributed by atoms with van der Waals surface area (Å²) in [5.41, 5.74) is 1.03. The summed E-state index contributed by atoms with van der Waals surface area (Å²) in [6, 6.07) is 4.82. The first kappa shape index (κ1) is 12.9. The molecule has 0 saturated heterocycles. The first-order chi connectivity index (χ1) is 9.83. The molecule has 0 unspecified atom stereocenters. The highest BCUT2D eigenvalue weighted by atomic mass is 16.5. The van der Waals surface area contributed by atoms with Gasteiger partial charge in [0.25, 0.3) is 0 Å². The number of methoxy groups -OCH3 is 1. The summed E-state index contributed by atoms with van der Waals surface area (Å²) in [6.07, 6.45) is 4.18. The summed E-state index contributed by atoms with van der Waals surface area (Å²) in [4.78, 5) is 4.05. The predicted molar refractivity (Wildman–Crippen MR) is 72.3 cm³/mol. The van der Waals surface area contributed by atoms with E-state index in [1.165, 1.54) is 12.8 Å². The molecule has 0 radical (unpaired) electrons. The summed E-state index contributed by atoms with van der Waals surface area (Å²) in [5, 5.41) is 14.4. The molecule has 0 spiro atoms. The molecule has 1 fully saturated rings. The average Bonchev–Trinajstić information content (AvgIpc) is 3.21. The van der Waals surface area contributed by atoms with Gasteiger partial charge in [-0.2, -0.15) is 0 Å². The lowest BCUT2D eigenvalue weighted by molar-refractivity contribution is 0.397. The van der Waals surface area contributed by atoms with Crippen LogP contribution in [0.5, 0.6) is 5.88 Å². The lowest BCUT2D eigenvalue weighted by atomic mass is 10.2. The van der Waals surface area contributed by atoms with Gasteiger partial charge in [-0.1, -0.05) is 5.10 Å². The molecule has 0 atom stereocenters. The number of hydrogen-bond donors (Lipinski definition) is 2. The van der Waals surface area contributed by atoms with Crippen molar-refractivity contribution in [2.24, 2.45) is 0 Å². The van der Waals surface area contributed by atoms with E-state index in [2.05, 4.69) is 25.8 Å². The van der Waals surface area contributed by atoms with Crippen LogP contribution in [0.2, 0.25) is 0 Å². The second-order valence-electron chi connectivity index (χ2n) is 4.72. The topological polar surface area (TPSA) is 85.1 Å². The zero-order chi connectivity index (χ0) is 13.8. The Morgan fingerprint density at radius 2 is 2.25 bits per heavy atom. The maximum Gasteiger partial charge on any atom is 0.315 e. The summed E-state index contributed by atoms with van der Waals surface area (Å²) in [7, 11) is 1.59. The molecular formula is C13H17N5O2. The third kappa shape index (κ3) is 3.45. The quantitative estimate of drug-likeness (QED) is 0.788. The van der Waals surface area contributed by atoms with E-state index < -0.39 is 0 Å². The Labute approximate surface area is 116 Å². The number of ether oxygens (including phenoxy) is 1. The fourth-order valence-corrected chi connectivity index (χ4v) is 1.77. The van der Waals surface area contributed by atoms with Crippen LogP contribution in [-0.2, 0) is 13.1 Å². The first-order valence-electron chi connectivity index (χ1n) is 6.62. The van der Waals surface area contributed by atoms with E-state index in [-0.39, 0.29) is 0 Å². The van der Waals surface area contributed by atoms with Crippen molar-refractivity contribution in [1.82, 2.24) is 20.5 Å². The highest BCUT2D eigenvalue weighted by Crippen LogP contribution is 2.19. The molecule has 0 bridgehead atoms. The first-order valence-corrected chi connectivity index (χ1v) is 6.62. The molecule has 7 heteroatoms. The smallest absolute Gasteiger partial charge is 0.315 e. The molecule has 2 aromatic heterocycles. The van der Waals surface area contributed by atoms with E-state index in [4.69, 9.17) is 9.15 Å². The van der Waals surface area contributed by atoms with Gasteiger partial charge in [0.15, 0.2) is 0 Å². The highest BCUT2D eigenvalue weighted by molar-refractivity contribution is 5.26. The van der Waals surface area contributed by atoms with Crippen LogP contribution in [0.1, 0.15) is 24.3 Å². The lowest BCUT2D eigenvalue weighted by Crippen LogP contribution is -2.15. The van der Waals surface area contributed by atoms with Crippen LogP contribution in [0.3, 0.4) is 0 Å². The van der Waals surface area contributed by atoms with Crippen molar-refractivity contribution in [2.75, 3.05) is 12.4 Å². The Morgan fingerprint density at radius 3 is 3.05 bits per heavy atom. The van der Waals surface area contributed by atoms with Gasteiger partial charge in [-0.3, -0.25) is 0 Å². The van der Waals surface area contributed by atoms with Crippen LogP contribution < -0.4 is 15.4 Å². The minimum absolute atomic E-state index is 0.424. The normalized spacial score (nSPS) is 14.2. The van der Waals surface area contributed by atoms with E-state index in [0.717, 1.165) is 5.56 Å². The molecule has 1 aliphatic rings. The molecule has 1 saturated carbocycles. The molecule has 0 aromatic carbocycles. The zero-order valence-electron chi connectivity index (χ0n) is 11.3. The molecule has 2 aromatic rings. The van der Waals surface area contributed by atoms with Gasteiger partial charge in [0.05, 0.1) is 13.7 Å². The van der Waals surface area contributed by atoms with Crippen molar-refractivity contribution in [3.63, 3.8) is 0 Å². The van der Waals surface area contributed by atoms with Crippen LogP contribution in [0.25, 0.3) is 0 Å². The summed E-state index contributed by atoms with van der Waals surface area (Å²) in [6.45, 7) is 1.21. The number of pyridine rings is 1. The maximum absolute atomic E-state index is 5.50. The molecule has 2 heterocycles. The summed E-state index contributed by atoms with van der Waals surface area (Å²) in [5.74, 6) is 1.19. The molecule has 20 heavy (non-hydrogen) atoms. The van der Waals surface area contributed by atoms with E-state index in [1.54, 1.807) is 13.3 Å². The van der Waals surface area contributed by atoms with E-state index in [9.17, 15) is 0 Å². The van der Waals surface area contributed by atoms with Crippen molar-refractivity contribution in [3.8, 4) is 5.88 Å². The van der Waals surface area contributed by atoms with Crippen molar-refractivity contribution >= 4 is 6.01 Å². The third-order valence-corrected chi connectivity index (χ3v) is 3.04. The largest absolute Gasteiger partial charge is 0.481 e. The number of rotatable bonds is 7. The van der Waals surface area contributed by atoms with Crippen LogP contribution in [0.4, 0.5) is 6.01 Å². The Kier molecular flexibility index (Phi) is 3.78. The zero-order valence-corrected chi connectivity index (χ0v) is 11.3. The van der Waals surface area contributed by atoms with E-state index >= 15 is 0 Å². The van der Waals surface area contributed by atoms with Gasteiger partial charge in [0.2, 0.25) is 11.8 Å². The number of aromatic nitrogens is 3. The maximum atomic E-state index is 5.50. The van der Waals surface area contributed by atoms with Crippen molar-refractivity contribution in [1.29, 1.82) is 0 Å². The molecule has 0 amide bonds. The van der Waals surface area contributed by atoms with Crippen LogP contribution in [0, 0.1) is 0 Å². The molecular weight excluding hydrogens is 258 g/mol. The number of nitrogens with zero attached hydrogens (tertiary/aromatic N) is 3. The number of hydrogen-bond acceptors (Lipinski definition) is 7. The second kappa shape index (κ2) is 5.87. The Morgan fingerprint density at radius 1 is 1.35 bits per heavy atom. The van der Waals surface area contributed by atoms with Gasteiger partial charge in [-0.15, -0.1) is 5.10 Å². The van der Waals surface area contributed by atoms with Gasteiger partial charge in [-0.25, -0.2) is 4.98 Å². The van der Waals surface area contributed by atoms with Gasteiger partial charge in [0.1, 0.15) is 0 Å². The predicted octanol–water partition coefficient (Wildman–Crippen LogP) is 1.34. The highest BCUT2D eigenvalue weighted by Gasteiger charge is 2.21. The van der Waals surface area contributed by atoms with E-state index in [0.29, 0.717) is 36.9 Å². The van der Waals surface area contributed by atoms with Gasteiger partial charge in [-0.05, 0) is 24.5 Å². The van der Waals surface area contributed by atoms with Gasteiger partial charge < -0.3 is 19.8 Å². The average molecular weight is 275 g/mol. The molecule has 3 rings (SSSR count). The molecule has 106 valence electrons. The molecule has 1 aliphatic carbocycles. The van der Waals surface area contributed by atoms with Crippen LogP contribution in [-0.4, -0.2) is 28.3 Å². The van der Waals surface area contributed by atoms with Crippen molar-refractivity contribution in [3.05, 3.63) is 29.8 Å². The van der Waals surface area contributed by atoms with Gasteiger partial charge >= 0.3 is 6.01 Å². The van der Waals surface area contributed by atoms with Gasteiger partial charge in [0, 0.05) is 24.8 Å². The third-order valence-electron chi connectivity index (χ3n) is 3.04. The van der Waals surface area contributed by atoms with Crippen LogP contribution >= 0.6 is 0 Å². The van der Waals surface area contributed by atoms with E-state index in [1.807, 2.05) is 12.1 Å². The minimum atomic E-state index is 0.424. The SMILES string of the molecule is COc1cc(CNc2nnc(CNC3CC3)o2)ccn1. The molecule has 7 nitrogen and oxygen atoms in total. The lowest BCUT2D eigenvalue weighted by Gasteiger charge is -2.03. The van der Waals surface area contributed by atoms with Crippen molar-refractivity contribution in [2.45, 2.75) is 32.0 Å². The number of anilines is 1. The van der Waals surface area contributed by atoms with Crippen molar-refractivity contribution < 1.29 is 9.15 Å². The monoisotopic (exact) mass is 275 g/mol. The summed E-state index contributed by atoms with van der Waals surface area (Å²) < 4.78 is 10.6. The molecule has 0 aliphatic heterocycles. The fourth-order valence-electron chi connectivity index (χ4n) is 1.77.